The van der Waals surface area contributed by atoms with Crippen molar-refractivity contribution < 1.29 is 0 Å². The maximum atomic E-state index is 4.85. The smallest absolute Gasteiger partial charge is 0.237 e. The van der Waals surface area contributed by atoms with Crippen LogP contribution in [0, 0.1) is 0 Å². The average molecular weight is 356 g/mol. The molecule has 2 aromatic heterocycles. The molecule has 5 rings (SSSR count). The molecule has 0 amide bonds. The van der Waals surface area contributed by atoms with Gasteiger partial charge in [-0.3, -0.25) is 4.57 Å². The Morgan fingerprint density at radius 2 is 1.85 bits per heavy atom. The lowest BCUT2D eigenvalue weighted by atomic mass is 10.1. The first kappa shape index (κ1) is 16.0. The standard InChI is InChI=1S/C21H20N6/c1-2-6-15(7-3-1)12-23-20-16-13-22-11-10-17(16)25-21(26-20)27-14-24-18-8-4-5-9-19(18)27/h1-9,14,22H,10-13H2,(H,23,25,26). The van der Waals surface area contributed by atoms with Crippen molar-refractivity contribution in [3.05, 3.63) is 77.7 Å². The Morgan fingerprint density at radius 1 is 1.00 bits per heavy atom. The van der Waals surface area contributed by atoms with Gasteiger partial charge in [0.1, 0.15) is 12.1 Å². The van der Waals surface area contributed by atoms with Crippen LogP contribution < -0.4 is 10.6 Å². The normalized spacial score (nSPS) is 13.5. The maximum absolute atomic E-state index is 4.85. The monoisotopic (exact) mass is 356 g/mol. The summed E-state index contributed by atoms with van der Waals surface area (Å²) >= 11 is 0. The summed E-state index contributed by atoms with van der Waals surface area (Å²) in [7, 11) is 0. The summed E-state index contributed by atoms with van der Waals surface area (Å²) in [6, 6.07) is 18.4. The summed E-state index contributed by atoms with van der Waals surface area (Å²) in [5, 5.41) is 6.94. The second-order valence-electron chi connectivity index (χ2n) is 6.67. The van der Waals surface area contributed by atoms with Gasteiger partial charge in [-0.25, -0.2) is 9.97 Å². The molecule has 4 aromatic rings. The van der Waals surface area contributed by atoms with E-state index in [-0.39, 0.29) is 0 Å². The zero-order valence-electron chi connectivity index (χ0n) is 14.9. The predicted molar refractivity (Wildman–Crippen MR) is 106 cm³/mol. The number of hydrogen-bond acceptors (Lipinski definition) is 5. The summed E-state index contributed by atoms with van der Waals surface area (Å²) in [5.41, 5.74) is 5.44. The molecule has 0 atom stereocenters. The van der Waals surface area contributed by atoms with E-state index < -0.39 is 0 Å². The predicted octanol–water partition coefficient (Wildman–Crippen LogP) is 3.07. The maximum Gasteiger partial charge on any atom is 0.237 e. The Hall–Kier alpha value is -3.25. The van der Waals surface area contributed by atoms with Crippen LogP contribution in [0.5, 0.6) is 0 Å². The molecule has 2 aromatic carbocycles. The minimum atomic E-state index is 0.667. The molecule has 2 N–H and O–H groups in total. The summed E-state index contributed by atoms with van der Waals surface area (Å²) in [4.78, 5) is 14.2. The van der Waals surface area contributed by atoms with Gasteiger partial charge < -0.3 is 10.6 Å². The van der Waals surface area contributed by atoms with Gasteiger partial charge in [-0.05, 0) is 17.7 Å². The van der Waals surface area contributed by atoms with E-state index in [1.165, 1.54) is 5.56 Å². The number of fused-ring (bicyclic) bond motifs is 2. The highest BCUT2D eigenvalue weighted by Gasteiger charge is 2.19. The Bertz CT molecular complexity index is 1090. The quantitative estimate of drug-likeness (QED) is 0.588. The number of nitrogens with one attached hydrogen (secondary N) is 2. The molecule has 0 saturated heterocycles. The fourth-order valence-electron chi connectivity index (χ4n) is 3.48. The van der Waals surface area contributed by atoms with Crippen molar-refractivity contribution in [3.8, 4) is 5.95 Å². The highest BCUT2D eigenvalue weighted by Crippen LogP contribution is 2.24. The van der Waals surface area contributed by atoms with Gasteiger partial charge in [0, 0.05) is 31.6 Å². The number of imidazole rings is 1. The molecule has 0 spiro atoms. The molecule has 134 valence electrons. The highest BCUT2D eigenvalue weighted by molar-refractivity contribution is 5.76. The fourth-order valence-corrected chi connectivity index (χ4v) is 3.48. The number of para-hydroxylation sites is 2. The first-order chi connectivity index (χ1) is 13.4. The molecule has 6 nitrogen and oxygen atoms in total. The molecule has 0 unspecified atom stereocenters. The van der Waals surface area contributed by atoms with E-state index in [4.69, 9.17) is 9.97 Å². The topological polar surface area (TPSA) is 67.7 Å². The van der Waals surface area contributed by atoms with E-state index >= 15 is 0 Å². The van der Waals surface area contributed by atoms with Crippen LogP contribution in [0.3, 0.4) is 0 Å². The molecule has 6 heteroatoms. The van der Waals surface area contributed by atoms with Gasteiger partial charge in [0.05, 0.1) is 16.7 Å². The zero-order valence-corrected chi connectivity index (χ0v) is 14.9. The lowest BCUT2D eigenvalue weighted by Gasteiger charge is -2.21. The van der Waals surface area contributed by atoms with E-state index in [1.54, 1.807) is 6.33 Å². The average Bonchev–Trinajstić information content (AvgIpc) is 3.17. The summed E-state index contributed by atoms with van der Waals surface area (Å²) in [6.45, 7) is 2.46. The van der Waals surface area contributed by atoms with Crippen LogP contribution in [0.1, 0.15) is 16.8 Å². The lowest BCUT2D eigenvalue weighted by Crippen LogP contribution is -2.27. The van der Waals surface area contributed by atoms with Crippen molar-refractivity contribution in [2.24, 2.45) is 0 Å². The van der Waals surface area contributed by atoms with Crippen molar-refractivity contribution in [3.63, 3.8) is 0 Å². The molecule has 3 heterocycles. The van der Waals surface area contributed by atoms with Gasteiger partial charge in [0.15, 0.2) is 0 Å². The molecular formula is C21H20N6. The number of rotatable bonds is 4. The van der Waals surface area contributed by atoms with E-state index in [0.29, 0.717) is 5.95 Å². The third-order valence-electron chi connectivity index (χ3n) is 4.89. The van der Waals surface area contributed by atoms with E-state index in [2.05, 4.69) is 39.9 Å². The molecular weight excluding hydrogens is 336 g/mol. The Labute approximate surface area is 157 Å². The van der Waals surface area contributed by atoms with Crippen molar-refractivity contribution in [1.82, 2.24) is 24.8 Å². The van der Waals surface area contributed by atoms with Crippen LogP contribution in [0.2, 0.25) is 0 Å². The molecule has 0 fully saturated rings. The zero-order chi connectivity index (χ0) is 18.1. The second kappa shape index (κ2) is 6.81. The van der Waals surface area contributed by atoms with E-state index in [1.807, 2.05) is 34.9 Å². The van der Waals surface area contributed by atoms with Crippen molar-refractivity contribution >= 4 is 16.9 Å². The van der Waals surface area contributed by atoms with Crippen LogP contribution >= 0.6 is 0 Å². The SMILES string of the molecule is c1ccc(CNc2nc(-n3cnc4ccccc43)nc3c2CNCC3)cc1. The third-order valence-corrected chi connectivity index (χ3v) is 4.89. The van der Waals surface area contributed by atoms with Crippen molar-refractivity contribution in [2.45, 2.75) is 19.5 Å². The number of aromatic nitrogens is 4. The summed E-state index contributed by atoms with van der Waals surface area (Å²) < 4.78 is 1.96. The fraction of sp³-hybridized carbons (Fsp3) is 0.190. The molecule has 0 radical (unpaired) electrons. The minimum Gasteiger partial charge on any atom is -0.366 e. The molecule has 0 aliphatic carbocycles. The van der Waals surface area contributed by atoms with Gasteiger partial charge >= 0.3 is 0 Å². The number of hydrogen-bond donors (Lipinski definition) is 2. The Morgan fingerprint density at radius 3 is 2.78 bits per heavy atom. The Kier molecular flexibility index (Phi) is 4.03. The first-order valence-electron chi connectivity index (χ1n) is 9.19. The van der Waals surface area contributed by atoms with Crippen LogP contribution in [0.15, 0.2) is 60.9 Å². The number of benzene rings is 2. The molecule has 1 aliphatic rings. The van der Waals surface area contributed by atoms with Crippen LogP contribution in [-0.4, -0.2) is 26.1 Å². The van der Waals surface area contributed by atoms with E-state index in [0.717, 1.165) is 54.2 Å². The van der Waals surface area contributed by atoms with Gasteiger partial charge in [-0.2, -0.15) is 4.98 Å². The van der Waals surface area contributed by atoms with Crippen LogP contribution in [0.4, 0.5) is 5.82 Å². The molecule has 0 saturated carbocycles. The van der Waals surface area contributed by atoms with Crippen molar-refractivity contribution in [1.29, 1.82) is 0 Å². The first-order valence-corrected chi connectivity index (χ1v) is 9.19. The van der Waals surface area contributed by atoms with Crippen LogP contribution in [0.25, 0.3) is 17.0 Å². The van der Waals surface area contributed by atoms with Gasteiger partial charge in [-0.15, -0.1) is 0 Å². The second-order valence-corrected chi connectivity index (χ2v) is 6.67. The van der Waals surface area contributed by atoms with Crippen molar-refractivity contribution in [2.75, 3.05) is 11.9 Å². The van der Waals surface area contributed by atoms with Gasteiger partial charge in [0.25, 0.3) is 0 Å². The summed E-state index contributed by atoms with van der Waals surface area (Å²) in [6.07, 6.45) is 2.70. The largest absolute Gasteiger partial charge is 0.366 e. The number of nitrogens with zero attached hydrogens (tertiary/aromatic N) is 4. The molecule has 1 aliphatic heterocycles. The molecule has 0 bridgehead atoms. The van der Waals surface area contributed by atoms with Crippen LogP contribution in [-0.2, 0) is 19.5 Å². The van der Waals surface area contributed by atoms with Gasteiger partial charge in [0.2, 0.25) is 5.95 Å². The third kappa shape index (κ3) is 3.04. The number of anilines is 1. The summed E-state index contributed by atoms with van der Waals surface area (Å²) in [5.74, 6) is 1.56. The molecule has 27 heavy (non-hydrogen) atoms. The van der Waals surface area contributed by atoms with E-state index in [9.17, 15) is 0 Å². The minimum absolute atomic E-state index is 0.667. The Balaban J connectivity index is 1.56. The van der Waals surface area contributed by atoms with Gasteiger partial charge in [-0.1, -0.05) is 42.5 Å². The highest BCUT2D eigenvalue weighted by atomic mass is 15.2. The lowest BCUT2D eigenvalue weighted by molar-refractivity contribution is 0.624.